The van der Waals surface area contributed by atoms with Crippen LogP contribution in [0.5, 0.6) is 0 Å². The van der Waals surface area contributed by atoms with Gasteiger partial charge in [-0.15, -0.1) is 0 Å². The van der Waals surface area contributed by atoms with Crippen LogP contribution in [0.4, 0.5) is 4.39 Å². The standard InChI is InChI=1S/C26H27FN4O2/c1-17(2)19-9-13-22(14-10-19)30-24-23(25(32)31(26(30)33)21-5-3-4-6-21)29(16-28-24)15-18-7-11-20(27)12-8-18/h7-14,16-17,21H,3-6,15H2,1-2H3. The molecule has 0 spiro atoms. The summed E-state index contributed by atoms with van der Waals surface area (Å²) >= 11 is 0. The molecule has 7 heteroatoms. The highest BCUT2D eigenvalue weighted by atomic mass is 19.1. The Morgan fingerprint density at radius 3 is 2.30 bits per heavy atom. The number of imidazole rings is 1. The Hall–Kier alpha value is -3.48. The molecule has 0 aliphatic heterocycles. The molecule has 0 amide bonds. The van der Waals surface area contributed by atoms with Crippen LogP contribution in [0.2, 0.25) is 0 Å². The van der Waals surface area contributed by atoms with Gasteiger partial charge in [0, 0.05) is 12.6 Å². The molecule has 0 atom stereocenters. The lowest BCUT2D eigenvalue weighted by Crippen LogP contribution is -2.41. The normalized spacial score (nSPS) is 14.5. The molecule has 170 valence electrons. The van der Waals surface area contributed by atoms with Crippen LogP contribution in [-0.4, -0.2) is 18.7 Å². The Bertz CT molecular complexity index is 1410. The van der Waals surface area contributed by atoms with Crippen molar-refractivity contribution in [1.29, 1.82) is 0 Å². The maximum absolute atomic E-state index is 13.7. The Labute approximate surface area is 190 Å². The monoisotopic (exact) mass is 446 g/mol. The summed E-state index contributed by atoms with van der Waals surface area (Å²) in [6.07, 6.45) is 5.24. The van der Waals surface area contributed by atoms with Crippen LogP contribution in [0.3, 0.4) is 0 Å². The molecule has 1 fully saturated rings. The van der Waals surface area contributed by atoms with Gasteiger partial charge in [-0.2, -0.15) is 0 Å². The molecular formula is C26H27FN4O2. The van der Waals surface area contributed by atoms with E-state index in [4.69, 9.17) is 0 Å². The van der Waals surface area contributed by atoms with E-state index in [2.05, 4.69) is 18.8 Å². The van der Waals surface area contributed by atoms with Gasteiger partial charge < -0.3 is 4.57 Å². The summed E-state index contributed by atoms with van der Waals surface area (Å²) in [7, 11) is 0. The fourth-order valence-corrected chi connectivity index (χ4v) is 4.79. The molecule has 2 aromatic carbocycles. The van der Waals surface area contributed by atoms with Crippen molar-refractivity contribution in [3.63, 3.8) is 0 Å². The zero-order valence-electron chi connectivity index (χ0n) is 18.9. The molecule has 6 nitrogen and oxygen atoms in total. The lowest BCUT2D eigenvalue weighted by atomic mass is 10.0. The van der Waals surface area contributed by atoms with Gasteiger partial charge in [-0.05, 0) is 54.2 Å². The summed E-state index contributed by atoms with van der Waals surface area (Å²) in [6.45, 7) is 4.61. The second kappa shape index (κ2) is 8.46. The fraction of sp³-hybridized carbons (Fsp3) is 0.346. The molecule has 1 aliphatic rings. The lowest BCUT2D eigenvalue weighted by Gasteiger charge is -2.17. The van der Waals surface area contributed by atoms with Gasteiger partial charge in [-0.3, -0.25) is 9.36 Å². The first-order valence-corrected chi connectivity index (χ1v) is 11.5. The number of benzene rings is 2. The molecule has 1 saturated carbocycles. The maximum atomic E-state index is 13.7. The van der Waals surface area contributed by atoms with Gasteiger partial charge in [0.2, 0.25) is 0 Å². The number of nitrogens with zero attached hydrogens (tertiary/aromatic N) is 4. The molecule has 0 bridgehead atoms. The highest BCUT2D eigenvalue weighted by Gasteiger charge is 2.26. The van der Waals surface area contributed by atoms with Crippen LogP contribution in [-0.2, 0) is 6.54 Å². The first kappa shape index (κ1) is 21.4. The summed E-state index contributed by atoms with van der Waals surface area (Å²) in [5, 5.41) is 0. The quantitative estimate of drug-likeness (QED) is 0.443. The van der Waals surface area contributed by atoms with E-state index in [9.17, 15) is 14.0 Å². The van der Waals surface area contributed by atoms with Crippen LogP contribution in [0.15, 0.2) is 64.4 Å². The van der Waals surface area contributed by atoms with E-state index in [1.54, 1.807) is 27.6 Å². The second-order valence-corrected chi connectivity index (χ2v) is 9.15. The lowest BCUT2D eigenvalue weighted by molar-refractivity contribution is 0.474. The summed E-state index contributed by atoms with van der Waals surface area (Å²) < 4.78 is 18.1. The second-order valence-electron chi connectivity index (χ2n) is 9.15. The molecule has 0 saturated heterocycles. The minimum Gasteiger partial charge on any atom is -0.320 e. The fourth-order valence-electron chi connectivity index (χ4n) is 4.79. The molecule has 0 unspecified atom stereocenters. The van der Waals surface area contributed by atoms with Crippen LogP contribution in [0.1, 0.15) is 62.6 Å². The third-order valence-electron chi connectivity index (χ3n) is 6.62. The van der Waals surface area contributed by atoms with Gasteiger partial charge in [0.05, 0.1) is 12.0 Å². The van der Waals surface area contributed by atoms with Gasteiger partial charge in [-0.1, -0.05) is 51.0 Å². The molecule has 33 heavy (non-hydrogen) atoms. The predicted molar refractivity (Wildman–Crippen MR) is 127 cm³/mol. The van der Waals surface area contributed by atoms with E-state index in [0.29, 0.717) is 29.3 Å². The first-order valence-electron chi connectivity index (χ1n) is 11.5. The highest BCUT2D eigenvalue weighted by Crippen LogP contribution is 2.28. The van der Waals surface area contributed by atoms with Gasteiger partial charge in [0.25, 0.3) is 5.56 Å². The van der Waals surface area contributed by atoms with Crippen molar-refractivity contribution in [2.75, 3.05) is 0 Å². The van der Waals surface area contributed by atoms with Gasteiger partial charge in [-0.25, -0.2) is 18.7 Å². The Morgan fingerprint density at radius 2 is 1.67 bits per heavy atom. The molecule has 5 rings (SSSR count). The topological polar surface area (TPSA) is 61.8 Å². The van der Waals surface area contributed by atoms with Crippen molar-refractivity contribution in [1.82, 2.24) is 18.7 Å². The SMILES string of the molecule is CC(C)c1ccc(-n2c(=O)n(C3CCCC3)c(=O)c3c2ncn3Cc2ccc(F)cc2)cc1. The molecule has 0 N–H and O–H groups in total. The van der Waals surface area contributed by atoms with Crippen molar-refractivity contribution in [2.24, 2.45) is 0 Å². The Kier molecular flexibility index (Phi) is 5.48. The van der Waals surface area contributed by atoms with E-state index in [1.807, 2.05) is 24.3 Å². The van der Waals surface area contributed by atoms with Crippen LogP contribution < -0.4 is 11.2 Å². The molecular weight excluding hydrogens is 419 g/mol. The minimum absolute atomic E-state index is 0.107. The molecule has 2 heterocycles. The van der Waals surface area contributed by atoms with E-state index >= 15 is 0 Å². The number of hydrogen-bond acceptors (Lipinski definition) is 3. The summed E-state index contributed by atoms with van der Waals surface area (Å²) in [6, 6.07) is 13.9. The number of rotatable bonds is 5. The van der Waals surface area contributed by atoms with Crippen molar-refractivity contribution in [2.45, 2.75) is 58.0 Å². The van der Waals surface area contributed by atoms with E-state index < -0.39 is 0 Å². The molecule has 0 radical (unpaired) electrons. The van der Waals surface area contributed by atoms with Crippen LogP contribution >= 0.6 is 0 Å². The molecule has 1 aliphatic carbocycles. The molecule has 2 aromatic heterocycles. The Balaban J connectivity index is 1.73. The van der Waals surface area contributed by atoms with Crippen LogP contribution in [0, 0.1) is 5.82 Å². The van der Waals surface area contributed by atoms with Gasteiger partial charge >= 0.3 is 5.69 Å². The zero-order chi connectivity index (χ0) is 23.1. The van der Waals surface area contributed by atoms with E-state index in [0.717, 1.165) is 31.2 Å². The third kappa shape index (κ3) is 3.81. The van der Waals surface area contributed by atoms with Gasteiger partial charge in [0.15, 0.2) is 11.2 Å². The maximum Gasteiger partial charge on any atom is 0.337 e. The smallest absolute Gasteiger partial charge is 0.320 e. The van der Waals surface area contributed by atoms with Crippen molar-refractivity contribution in [3.05, 3.63) is 92.6 Å². The van der Waals surface area contributed by atoms with Gasteiger partial charge in [0.1, 0.15) is 5.82 Å². The summed E-state index contributed by atoms with van der Waals surface area (Å²) in [5.41, 5.74) is 2.79. The van der Waals surface area contributed by atoms with Crippen LogP contribution in [0.25, 0.3) is 16.9 Å². The van der Waals surface area contributed by atoms with Crippen molar-refractivity contribution >= 4 is 11.2 Å². The number of fused-ring (bicyclic) bond motifs is 1. The van der Waals surface area contributed by atoms with E-state index in [-0.39, 0.29) is 23.1 Å². The number of hydrogen-bond donors (Lipinski definition) is 0. The Morgan fingerprint density at radius 1 is 1.00 bits per heavy atom. The number of halogens is 1. The number of aromatic nitrogens is 4. The van der Waals surface area contributed by atoms with Crippen molar-refractivity contribution in [3.8, 4) is 5.69 Å². The summed E-state index contributed by atoms with van der Waals surface area (Å²) in [4.78, 5) is 31.8. The average molecular weight is 447 g/mol. The first-order chi connectivity index (χ1) is 15.9. The summed E-state index contributed by atoms with van der Waals surface area (Å²) in [5.74, 6) is 0.0645. The third-order valence-corrected chi connectivity index (χ3v) is 6.62. The predicted octanol–water partition coefficient (Wildman–Crippen LogP) is 4.77. The van der Waals surface area contributed by atoms with Crippen molar-refractivity contribution < 1.29 is 4.39 Å². The molecule has 4 aromatic rings. The van der Waals surface area contributed by atoms with E-state index in [1.165, 1.54) is 22.3 Å². The largest absolute Gasteiger partial charge is 0.337 e. The minimum atomic E-state index is -0.344. The average Bonchev–Trinajstić information content (AvgIpc) is 3.47. The zero-order valence-corrected chi connectivity index (χ0v) is 18.9. The highest BCUT2D eigenvalue weighted by molar-refractivity contribution is 5.72.